The van der Waals surface area contributed by atoms with Crippen LogP contribution in [-0.2, 0) is 19.5 Å². The lowest BCUT2D eigenvalue weighted by atomic mass is 10.1. The van der Waals surface area contributed by atoms with Gasteiger partial charge in [-0.25, -0.2) is 4.39 Å². The van der Waals surface area contributed by atoms with E-state index in [-0.39, 0.29) is 5.82 Å². The standard InChI is InChI=1S/C15H15FN4/c1-19-7-6-15-12(10-19)14(8-17)18-20(15)9-11-4-2-3-5-13(11)16/h2-5H,6-7,9-10H2,1H3. The molecule has 0 saturated heterocycles. The Morgan fingerprint density at radius 3 is 2.95 bits per heavy atom. The molecule has 0 fully saturated rings. The van der Waals surface area contributed by atoms with Crippen LogP contribution >= 0.6 is 0 Å². The minimum Gasteiger partial charge on any atom is -0.302 e. The van der Waals surface area contributed by atoms with Crippen LogP contribution in [0.3, 0.4) is 0 Å². The zero-order chi connectivity index (χ0) is 14.1. The van der Waals surface area contributed by atoms with Crippen molar-refractivity contribution in [2.24, 2.45) is 0 Å². The summed E-state index contributed by atoms with van der Waals surface area (Å²) in [5, 5.41) is 13.5. The number of rotatable bonds is 2. The molecule has 1 aromatic heterocycles. The molecule has 0 bridgehead atoms. The summed E-state index contributed by atoms with van der Waals surface area (Å²) in [5.41, 5.74) is 3.10. The highest BCUT2D eigenvalue weighted by atomic mass is 19.1. The van der Waals surface area contributed by atoms with Gasteiger partial charge in [-0.3, -0.25) is 4.68 Å². The second-order valence-corrected chi connectivity index (χ2v) is 5.12. The lowest BCUT2D eigenvalue weighted by Crippen LogP contribution is -2.27. The largest absolute Gasteiger partial charge is 0.302 e. The first-order valence-electron chi connectivity index (χ1n) is 6.59. The molecular weight excluding hydrogens is 255 g/mol. The van der Waals surface area contributed by atoms with E-state index in [4.69, 9.17) is 0 Å². The second-order valence-electron chi connectivity index (χ2n) is 5.12. The summed E-state index contributed by atoms with van der Waals surface area (Å²) in [6.07, 6.45) is 0.842. The molecule has 102 valence electrons. The molecule has 0 amide bonds. The minimum absolute atomic E-state index is 0.233. The molecule has 2 heterocycles. The van der Waals surface area contributed by atoms with Crippen LogP contribution in [0.1, 0.15) is 22.5 Å². The van der Waals surface area contributed by atoms with Gasteiger partial charge in [-0.1, -0.05) is 18.2 Å². The fourth-order valence-corrected chi connectivity index (χ4v) is 2.63. The number of likely N-dealkylation sites (N-methyl/N-ethyl adjacent to an activating group) is 1. The molecule has 2 aromatic rings. The van der Waals surface area contributed by atoms with Crippen LogP contribution in [0.4, 0.5) is 4.39 Å². The van der Waals surface area contributed by atoms with Gasteiger partial charge < -0.3 is 4.90 Å². The molecule has 4 nitrogen and oxygen atoms in total. The number of nitriles is 1. The third kappa shape index (κ3) is 2.19. The maximum Gasteiger partial charge on any atom is 0.167 e. The Kier molecular flexibility index (Phi) is 3.25. The van der Waals surface area contributed by atoms with Gasteiger partial charge in [0.2, 0.25) is 0 Å². The lowest BCUT2D eigenvalue weighted by Gasteiger charge is -2.23. The van der Waals surface area contributed by atoms with E-state index in [0.29, 0.717) is 17.8 Å². The molecule has 0 aliphatic carbocycles. The Morgan fingerprint density at radius 1 is 1.40 bits per heavy atom. The molecule has 20 heavy (non-hydrogen) atoms. The highest BCUT2D eigenvalue weighted by Gasteiger charge is 2.23. The fraction of sp³-hybridized carbons (Fsp3) is 0.333. The summed E-state index contributed by atoms with van der Waals surface area (Å²) < 4.78 is 15.5. The molecule has 0 radical (unpaired) electrons. The first kappa shape index (κ1) is 12.8. The van der Waals surface area contributed by atoms with Crippen molar-refractivity contribution in [2.45, 2.75) is 19.5 Å². The summed E-state index contributed by atoms with van der Waals surface area (Å²) in [5.74, 6) is -0.233. The smallest absolute Gasteiger partial charge is 0.167 e. The van der Waals surface area contributed by atoms with Crippen molar-refractivity contribution < 1.29 is 4.39 Å². The van der Waals surface area contributed by atoms with Gasteiger partial charge in [0.1, 0.15) is 11.9 Å². The Labute approximate surface area is 117 Å². The molecule has 1 aliphatic rings. The van der Waals surface area contributed by atoms with E-state index in [1.807, 2.05) is 13.1 Å². The third-order valence-corrected chi connectivity index (χ3v) is 3.71. The van der Waals surface area contributed by atoms with Crippen molar-refractivity contribution in [1.82, 2.24) is 14.7 Å². The van der Waals surface area contributed by atoms with Crippen molar-refractivity contribution in [1.29, 1.82) is 5.26 Å². The van der Waals surface area contributed by atoms with Crippen LogP contribution in [0, 0.1) is 17.1 Å². The monoisotopic (exact) mass is 270 g/mol. The summed E-state index contributed by atoms with van der Waals surface area (Å²) in [4.78, 5) is 2.16. The van der Waals surface area contributed by atoms with Crippen molar-refractivity contribution in [2.75, 3.05) is 13.6 Å². The molecule has 1 aliphatic heterocycles. The van der Waals surface area contributed by atoms with Gasteiger partial charge in [-0.2, -0.15) is 10.4 Å². The van der Waals surface area contributed by atoms with Crippen LogP contribution < -0.4 is 0 Å². The van der Waals surface area contributed by atoms with E-state index in [2.05, 4.69) is 16.1 Å². The van der Waals surface area contributed by atoms with E-state index in [0.717, 1.165) is 30.8 Å². The molecule has 5 heteroatoms. The molecule has 0 spiro atoms. The quantitative estimate of drug-likeness (QED) is 0.837. The van der Waals surface area contributed by atoms with Gasteiger partial charge in [0.25, 0.3) is 0 Å². The van der Waals surface area contributed by atoms with Crippen molar-refractivity contribution in [3.8, 4) is 6.07 Å². The van der Waals surface area contributed by atoms with E-state index in [1.54, 1.807) is 16.8 Å². The van der Waals surface area contributed by atoms with Gasteiger partial charge in [0.05, 0.1) is 6.54 Å². The first-order valence-corrected chi connectivity index (χ1v) is 6.59. The van der Waals surface area contributed by atoms with Gasteiger partial charge in [-0.15, -0.1) is 0 Å². The third-order valence-electron chi connectivity index (χ3n) is 3.71. The van der Waals surface area contributed by atoms with Crippen LogP contribution in [0.5, 0.6) is 0 Å². The van der Waals surface area contributed by atoms with Crippen LogP contribution in [0.2, 0.25) is 0 Å². The van der Waals surface area contributed by atoms with E-state index >= 15 is 0 Å². The van der Waals surface area contributed by atoms with E-state index in [9.17, 15) is 9.65 Å². The average molecular weight is 270 g/mol. The summed E-state index contributed by atoms with van der Waals surface area (Å²) in [6.45, 7) is 2.04. The molecule has 1 aromatic carbocycles. The van der Waals surface area contributed by atoms with Gasteiger partial charge in [-0.05, 0) is 13.1 Å². The number of nitrogens with zero attached hydrogens (tertiary/aromatic N) is 4. The number of fused-ring (bicyclic) bond motifs is 1. The van der Waals surface area contributed by atoms with Crippen molar-refractivity contribution in [3.05, 3.63) is 52.6 Å². The maximum atomic E-state index is 13.7. The number of halogens is 1. The normalized spacial score (nSPS) is 14.8. The average Bonchev–Trinajstić information content (AvgIpc) is 2.78. The molecule has 0 N–H and O–H groups in total. The summed E-state index contributed by atoms with van der Waals surface area (Å²) in [7, 11) is 2.03. The molecule has 0 saturated carbocycles. The number of benzene rings is 1. The Morgan fingerprint density at radius 2 is 2.20 bits per heavy atom. The number of hydrogen-bond acceptors (Lipinski definition) is 3. The van der Waals surface area contributed by atoms with Gasteiger partial charge in [0, 0.05) is 36.3 Å². The second kappa shape index (κ2) is 5.06. The van der Waals surface area contributed by atoms with Gasteiger partial charge in [0.15, 0.2) is 5.69 Å². The van der Waals surface area contributed by atoms with Crippen LogP contribution in [0.25, 0.3) is 0 Å². The fourth-order valence-electron chi connectivity index (χ4n) is 2.63. The Hall–Kier alpha value is -2.19. The Balaban J connectivity index is 1.99. The van der Waals surface area contributed by atoms with E-state index < -0.39 is 0 Å². The van der Waals surface area contributed by atoms with Gasteiger partial charge >= 0.3 is 0 Å². The van der Waals surface area contributed by atoms with Crippen molar-refractivity contribution in [3.63, 3.8) is 0 Å². The Bertz CT molecular complexity index is 684. The first-order chi connectivity index (χ1) is 9.69. The van der Waals surface area contributed by atoms with Crippen molar-refractivity contribution >= 4 is 0 Å². The predicted octanol–water partition coefficient (Wildman–Crippen LogP) is 1.93. The van der Waals surface area contributed by atoms with Crippen LogP contribution in [0.15, 0.2) is 24.3 Å². The lowest BCUT2D eigenvalue weighted by molar-refractivity contribution is 0.308. The topological polar surface area (TPSA) is 44.9 Å². The summed E-state index contributed by atoms with van der Waals surface area (Å²) in [6, 6.07) is 8.83. The molecule has 3 rings (SSSR count). The SMILES string of the molecule is CN1CCc2c(c(C#N)nn2Cc2ccccc2F)C1. The highest BCUT2D eigenvalue weighted by molar-refractivity contribution is 5.37. The van der Waals surface area contributed by atoms with E-state index in [1.165, 1.54) is 6.07 Å². The maximum absolute atomic E-state index is 13.7. The minimum atomic E-state index is -0.233. The molecule has 0 atom stereocenters. The molecular formula is C15H15FN4. The number of aromatic nitrogens is 2. The number of hydrogen-bond donors (Lipinski definition) is 0. The predicted molar refractivity (Wildman–Crippen MR) is 72.5 cm³/mol. The van der Waals surface area contributed by atoms with Crippen LogP contribution in [-0.4, -0.2) is 28.3 Å². The zero-order valence-electron chi connectivity index (χ0n) is 11.3. The summed E-state index contributed by atoms with van der Waals surface area (Å²) >= 11 is 0. The molecule has 0 unspecified atom stereocenters. The zero-order valence-corrected chi connectivity index (χ0v) is 11.3. The highest BCUT2D eigenvalue weighted by Crippen LogP contribution is 2.22.